The van der Waals surface area contributed by atoms with Gasteiger partial charge < -0.3 is 4.42 Å². The summed E-state index contributed by atoms with van der Waals surface area (Å²) in [7, 11) is -3.24. The molecule has 1 aromatic heterocycles. The van der Waals surface area contributed by atoms with E-state index in [1.807, 2.05) is 45.0 Å². The smallest absolute Gasteiger partial charge is 0.199 e. The summed E-state index contributed by atoms with van der Waals surface area (Å²) in [6.07, 6.45) is 2.67. The first-order chi connectivity index (χ1) is 10.3. The van der Waals surface area contributed by atoms with Crippen molar-refractivity contribution in [3.05, 3.63) is 53.2 Å². The molecular formula is C17H21NO3S. The highest BCUT2D eigenvalue weighted by Crippen LogP contribution is 2.29. The predicted octanol–water partition coefficient (Wildman–Crippen LogP) is 3.05. The van der Waals surface area contributed by atoms with E-state index in [9.17, 15) is 8.42 Å². The summed E-state index contributed by atoms with van der Waals surface area (Å²) < 4.78 is 30.7. The Kier molecular flexibility index (Phi) is 3.63. The lowest BCUT2D eigenvalue weighted by Gasteiger charge is -2.12. The van der Waals surface area contributed by atoms with Crippen LogP contribution in [0.2, 0.25) is 0 Å². The molecule has 0 atom stereocenters. The van der Waals surface area contributed by atoms with Crippen molar-refractivity contribution < 1.29 is 12.8 Å². The monoisotopic (exact) mass is 319 g/mol. The third-order valence-corrected chi connectivity index (χ3v) is 6.11. The lowest BCUT2D eigenvalue weighted by molar-refractivity contribution is 0.392. The summed E-state index contributed by atoms with van der Waals surface area (Å²) in [6.45, 7) is 5.97. The average molecular weight is 319 g/mol. The van der Waals surface area contributed by atoms with Crippen molar-refractivity contribution in [3.63, 3.8) is 0 Å². The molecule has 1 aromatic carbocycles. The van der Waals surface area contributed by atoms with Crippen molar-refractivity contribution in [3.8, 4) is 0 Å². The van der Waals surface area contributed by atoms with E-state index in [4.69, 9.17) is 4.42 Å². The molecule has 0 saturated carbocycles. The van der Waals surface area contributed by atoms with Crippen LogP contribution in [0.15, 0.2) is 34.9 Å². The number of rotatable bonds is 3. The molecule has 0 bridgehead atoms. The van der Waals surface area contributed by atoms with Crippen LogP contribution in [0.1, 0.15) is 43.5 Å². The molecule has 2 aromatic rings. The molecule has 0 N–H and O–H groups in total. The van der Waals surface area contributed by atoms with Crippen molar-refractivity contribution in [2.75, 3.05) is 0 Å². The van der Waals surface area contributed by atoms with E-state index in [0.29, 0.717) is 24.4 Å². The van der Waals surface area contributed by atoms with Crippen molar-refractivity contribution in [2.45, 2.75) is 50.0 Å². The molecule has 0 fully saturated rings. The molecule has 0 spiro atoms. The van der Waals surface area contributed by atoms with Gasteiger partial charge in [-0.1, -0.05) is 45.0 Å². The van der Waals surface area contributed by atoms with E-state index in [2.05, 4.69) is 4.98 Å². The number of benzene rings is 1. The Balaban J connectivity index is 1.77. The molecule has 0 unspecified atom stereocenters. The first-order valence-corrected chi connectivity index (χ1v) is 9.20. The molecule has 3 rings (SSSR count). The van der Waals surface area contributed by atoms with Crippen molar-refractivity contribution in [2.24, 2.45) is 0 Å². The van der Waals surface area contributed by atoms with Gasteiger partial charge in [-0.2, -0.15) is 0 Å². The Bertz CT molecular complexity index is 759. The Hall–Kier alpha value is -1.62. The molecule has 1 aliphatic rings. The van der Waals surface area contributed by atoms with Gasteiger partial charge in [-0.15, -0.1) is 0 Å². The fraction of sp³-hybridized carbons (Fsp3) is 0.471. The standard InChI is InChI=1S/C17H21NO3S/c1-17(2,3)16-18-14(10-21-16)11-22(19,20)15-8-12-6-4-5-7-13(12)9-15/h4-7,10,15H,8-9,11H2,1-3H3. The van der Waals surface area contributed by atoms with Crippen LogP contribution in [-0.2, 0) is 33.8 Å². The number of hydrogen-bond acceptors (Lipinski definition) is 4. The van der Waals surface area contributed by atoms with Gasteiger partial charge in [-0.05, 0) is 24.0 Å². The quantitative estimate of drug-likeness (QED) is 0.872. The molecule has 118 valence electrons. The maximum atomic E-state index is 12.6. The van der Waals surface area contributed by atoms with E-state index in [-0.39, 0.29) is 16.4 Å². The highest BCUT2D eigenvalue weighted by atomic mass is 32.2. The number of hydrogen-bond donors (Lipinski definition) is 0. The van der Waals surface area contributed by atoms with Crippen LogP contribution in [0.3, 0.4) is 0 Å². The molecule has 4 nitrogen and oxygen atoms in total. The van der Waals surface area contributed by atoms with Crippen LogP contribution in [0.5, 0.6) is 0 Å². The lowest BCUT2D eigenvalue weighted by atomic mass is 9.97. The summed E-state index contributed by atoms with van der Waals surface area (Å²) >= 11 is 0. The van der Waals surface area contributed by atoms with E-state index in [0.717, 1.165) is 11.1 Å². The predicted molar refractivity (Wildman–Crippen MR) is 85.5 cm³/mol. The first kappa shape index (κ1) is 15.3. The fourth-order valence-corrected chi connectivity index (χ4v) is 4.46. The summed E-state index contributed by atoms with van der Waals surface area (Å²) in [6, 6.07) is 7.94. The third-order valence-electron chi connectivity index (χ3n) is 4.06. The summed E-state index contributed by atoms with van der Waals surface area (Å²) in [5, 5.41) is -0.348. The number of sulfone groups is 1. The minimum Gasteiger partial charge on any atom is -0.448 e. The van der Waals surface area contributed by atoms with Gasteiger partial charge >= 0.3 is 0 Å². The molecule has 1 heterocycles. The van der Waals surface area contributed by atoms with E-state index < -0.39 is 9.84 Å². The van der Waals surface area contributed by atoms with Crippen molar-refractivity contribution in [1.29, 1.82) is 0 Å². The first-order valence-electron chi connectivity index (χ1n) is 7.49. The Morgan fingerprint density at radius 1 is 1.18 bits per heavy atom. The third kappa shape index (κ3) is 2.95. The minimum absolute atomic E-state index is 0.0504. The second-order valence-electron chi connectivity index (χ2n) is 7.00. The summed E-state index contributed by atoms with van der Waals surface area (Å²) in [5.74, 6) is 0.526. The zero-order chi connectivity index (χ0) is 16.0. The van der Waals surface area contributed by atoms with Gasteiger partial charge in [0.15, 0.2) is 15.7 Å². The van der Waals surface area contributed by atoms with Gasteiger partial charge in [-0.25, -0.2) is 13.4 Å². The number of fused-ring (bicyclic) bond motifs is 1. The highest BCUT2D eigenvalue weighted by Gasteiger charge is 2.33. The molecule has 1 aliphatic carbocycles. The average Bonchev–Trinajstić information content (AvgIpc) is 3.03. The Labute approximate surface area is 131 Å². The fourth-order valence-electron chi connectivity index (χ4n) is 2.81. The molecule has 5 heteroatoms. The number of nitrogens with zero attached hydrogens (tertiary/aromatic N) is 1. The van der Waals surface area contributed by atoms with Gasteiger partial charge in [0.25, 0.3) is 0 Å². The van der Waals surface area contributed by atoms with Crippen LogP contribution in [-0.4, -0.2) is 18.7 Å². The zero-order valence-corrected chi connectivity index (χ0v) is 14.0. The van der Waals surface area contributed by atoms with Crippen LogP contribution in [0.25, 0.3) is 0 Å². The molecule has 0 saturated heterocycles. The van der Waals surface area contributed by atoms with Gasteiger partial charge in [0.1, 0.15) is 6.26 Å². The maximum absolute atomic E-state index is 12.6. The summed E-state index contributed by atoms with van der Waals surface area (Å²) in [5.41, 5.74) is 2.57. The normalized spacial score (nSPS) is 16.0. The van der Waals surface area contributed by atoms with Crippen molar-refractivity contribution in [1.82, 2.24) is 4.98 Å². The van der Waals surface area contributed by atoms with E-state index in [1.165, 1.54) is 6.26 Å². The molecule has 0 amide bonds. The van der Waals surface area contributed by atoms with Crippen molar-refractivity contribution >= 4 is 9.84 Å². The molecule has 22 heavy (non-hydrogen) atoms. The maximum Gasteiger partial charge on any atom is 0.199 e. The highest BCUT2D eigenvalue weighted by molar-refractivity contribution is 7.91. The second kappa shape index (κ2) is 5.23. The van der Waals surface area contributed by atoms with Crippen LogP contribution >= 0.6 is 0 Å². The SMILES string of the molecule is CC(C)(C)c1nc(CS(=O)(=O)C2Cc3ccccc3C2)co1. The van der Waals surface area contributed by atoms with E-state index >= 15 is 0 Å². The minimum atomic E-state index is -3.24. The second-order valence-corrected chi connectivity index (χ2v) is 9.28. The lowest BCUT2D eigenvalue weighted by Crippen LogP contribution is -2.23. The number of oxazole rings is 1. The largest absolute Gasteiger partial charge is 0.448 e. The van der Waals surface area contributed by atoms with Gasteiger partial charge in [0, 0.05) is 5.41 Å². The topological polar surface area (TPSA) is 60.2 Å². The molecular weight excluding hydrogens is 298 g/mol. The van der Waals surface area contributed by atoms with E-state index in [1.54, 1.807) is 0 Å². The Morgan fingerprint density at radius 3 is 2.27 bits per heavy atom. The number of aromatic nitrogens is 1. The van der Waals surface area contributed by atoms with Crippen LogP contribution in [0, 0.1) is 0 Å². The zero-order valence-electron chi connectivity index (χ0n) is 13.2. The molecule has 0 aliphatic heterocycles. The molecule has 0 radical (unpaired) electrons. The van der Waals surface area contributed by atoms with Gasteiger partial charge in [0.05, 0.1) is 16.7 Å². The Morgan fingerprint density at radius 2 is 1.77 bits per heavy atom. The van der Waals surface area contributed by atoms with Crippen LogP contribution in [0.4, 0.5) is 0 Å². The summed E-state index contributed by atoms with van der Waals surface area (Å²) in [4.78, 5) is 4.34. The van der Waals surface area contributed by atoms with Crippen LogP contribution < -0.4 is 0 Å². The van der Waals surface area contributed by atoms with Gasteiger partial charge in [-0.3, -0.25) is 0 Å². The van der Waals surface area contributed by atoms with Gasteiger partial charge in [0.2, 0.25) is 0 Å².